The number of nitrogens with zero attached hydrogens (tertiary/aromatic N) is 4. The number of carbonyl (C=O) groups excluding carboxylic acids is 2. The first-order valence-electron chi connectivity index (χ1n) is 21.8. The SMILES string of the molecule is O=C(O)CN1CCN(CC(=O)O)CCN(CC(=O)NCCNC(=O)COCC(COC(C(F)(F)F)(C(F)(F)F)C(F)(F)F)(COC(C(F)(F)F)(C(F)(F)F)C(F)(F)F)COC(C(F)(F)F)(C(F)(F)F)C(F)(F)F)CCN(CC(=O)O)CC1. The highest BCUT2D eigenvalue weighted by Crippen LogP contribution is 2.59. The largest absolute Gasteiger partial charge is 0.480 e. The Morgan fingerprint density at radius 3 is 0.744 bits per heavy atom. The average Bonchev–Trinajstić information content (AvgIpc) is 3.21. The van der Waals surface area contributed by atoms with Crippen LogP contribution in [0, 0.1) is 5.41 Å². The van der Waals surface area contributed by atoms with E-state index in [4.69, 9.17) is 0 Å². The summed E-state index contributed by atoms with van der Waals surface area (Å²) in [5, 5.41) is 31.6. The lowest BCUT2D eigenvalue weighted by molar-refractivity contribution is -0.474. The standard InChI is InChI=1S/C37H43F27N6O12/c38-29(39,40)26(30(41,42)43,31(44,45)46)80-17-25(18-81-27(32(47,48)49,33(50,51)52)34(53,54)55,19-82-28(35(56,57)58,36(59,60)61)37(62,63)64)16-79-15-21(72)66-2-1-65-20(71)11-67-3-5-68(12-22(73)74)7-9-70(14-24(77)78)10-8-69(6-4-67)13-23(75)76/h1-19H2,(H,65,71)(H,66,72)(H,73,74)(H,75,76)(H,77,78). The molecule has 0 unspecified atom stereocenters. The van der Waals surface area contributed by atoms with E-state index in [0.717, 1.165) is 0 Å². The molecule has 1 saturated heterocycles. The van der Waals surface area contributed by atoms with E-state index in [2.05, 4.69) is 24.3 Å². The van der Waals surface area contributed by atoms with Crippen LogP contribution in [0.2, 0.25) is 0 Å². The second kappa shape index (κ2) is 27.5. The summed E-state index contributed by atoms with van der Waals surface area (Å²) in [6.07, 6.45) is -73.6. The molecule has 0 bridgehead atoms. The van der Waals surface area contributed by atoms with Crippen LogP contribution in [0.3, 0.4) is 0 Å². The molecule has 0 saturated carbocycles. The molecule has 82 heavy (non-hydrogen) atoms. The molecule has 18 nitrogen and oxygen atoms in total. The minimum Gasteiger partial charge on any atom is -0.480 e. The Morgan fingerprint density at radius 2 is 0.537 bits per heavy atom. The van der Waals surface area contributed by atoms with Gasteiger partial charge in [-0.3, -0.25) is 43.6 Å². The number of aliphatic carboxylic acids is 3. The molecular formula is C37H43F27N6O12. The normalized spacial score (nSPS) is 17.3. The number of rotatable bonds is 24. The molecular weight excluding hydrogens is 1230 g/mol. The smallest absolute Gasteiger partial charge is 0.435 e. The average molecular weight is 1280 g/mol. The Morgan fingerprint density at radius 1 is 0.329 bits per heavy atom. The van der Waals surface area contributed by atoms with E-state index in [1.165, 1.54) is 19.6 Å². The third-order valence-corrected chi connectivity index (χ3v) is 11.2. The van der Waals surface area contributed by atoms with Gasteiger partial charge in [0.25, 0.3) is 0 Å². The van der Waals surface area contributed by atoms with Crippen LogP contribution in [-0.4, -0.2) is 262 Å². The van der Waals surface area contributed by atoms with E-state index >= 15 is 0 Å². The van der Waals surface area contributed by atoms with Crippen molar-refractivity contribution in [1.82, 2.24) is 30.2 Å². The molecule has 1 fully saturated rings. The number of carboxylic acid groups (broad SMARTS) is 3. The number of carbonyl (C=O) groups is 5. The van der Waals surface area contributed by atoms with Gasteiger partial charge >= 0.3 is 90.3 Å². The molecule has 1 rings (SSSR count). The lowest BCUT2D eigenvalue weighted by Crippen LogP contribution is -2.71. The number of halogens is 27. The first-order chi connectivity index (χ1) is 36.6. The Kier molecular flexibility index (Phi) is 25.2. The minimum atomic E-state index is -8.18. The molecule has 0 spiro atoms. The van der Waals surface area contributed by atoms with Crippen molar-refractivity contribution in [3.63, 3.8) is 0 Å². The lowest BCUT2D eigenvalue weighted by atomic mass is 9.89. The van der Waals surface area contributed by atoms with Gasteiger partial charge in [-0.15, -0.1) is 0 Å². The van der Waals surface area contributed by atoms with E-state index < -0.39 is 180 Å². The maximum absolute atomic E-state index is 13.8. The second-order valence-corrected chi connectivity index (χ2v) is 17.4. The fourth-order valence-corrected chi connectivity index (χ4v) is 7.08. The summed E-state index contributed by atoms with van der Waals surface area (Å²) in [6, 6.07) is 0. The summed E-state index contributed by atoms with van der Waals surface area (Å²) in [5.74, 6) is -7.06. The van der Waals surface area contributed by atoms with Gasteiger partial charge in [0.2, 0.25) is 11.8 Å². The molecule has 1 aliphatic heterocycles. The van der Waals surface area contributed by atoms with Crippen molar-refractivity contribution in [3.8, 4) is 0 Å². The predicted molar refractivity (Wildman–Crippen MR) is 208 cm³/mol. The molecule has 2 amide bonds. The topological polar surface area (TPSA) is 220 Å². The van der Waals surface area contributed by atoms with Gasteiger partial charge in [-0.25, -0.2) is 0 Å². The van der Waals surface area contributed by atoms with Crippen molar-refractivity contribution in [2.75, 3.05) is 125 Å². The van der Waals surface area contributed by atoms with E-state index in [1.807, 2.05) is 0 Å². The predicted octanol–water partition coefficient (Wildman–Crippen LogP) is 5.02. The first-order valence-corrected chi connectivity index (χ1v) is 21.8. The van der Waals surface area contributed by atoms with Crippen LogP contribution in [0.25, 0.3) is 0 Å². The van der Waals surface area contributed by atoms with Crippen molar-refractivity contribution in [2.45, 2.75) is 72.4 Å². The van der Waals surface area contributed by atoms with Crippen molar-refractivity contribution < 1.29 is 177 Å². The maximum atomic E-state index is 13.8. The van der Waals surface area contributed by atoms with Gasteiger partial charge in [0.15, 0.2) is 0 Å². The van der Waals surface area contributed by atoms with Crippen LogP contribution in [0.15, 0.2) is 0 Å². The van der Waals surface area contributed by atoms with Crippen LogP contribution in [0.1, 0.15) is 0 Å². The fraction of sp³-hybridized carbons (Fsp3) is 0.865. The van der Waals surface area contributed by atoms with E-state index in [0.29, 0.717) is 0 Å². The molecule has 45 heteroatoms. The number of nitrogens with one attached hydrogen (secondary N) is 2. The van der Waals surface area contributed by atoms with Crippen LogP contribution in [0.4, 0.5) is 119 Å². The highest BCUT2D eigenvalue weighted by molar-refractivity contribution is 5.79. The molecule has 0 aliphatic carbocycles. The van der Waals surface area contributed by atoms with Gasteiger partial charge in [0.1, 0.15) is 6.61 Å². The van der Waals surface area contributed by atoms with Gasteiger partial charge in [-0.1, -0.05) is 0 Å². The lowest BCUT2D eigenvalue weighted by Gasteiger charge is -2.45. The highest BCUT2D eigenvalue weighted by atomic mass is 19.5. The summed E-state index contributed by atoms with van der Waals surface area (Å²) < 4.78 is 386. The van der Waals surface area contributed by atoms with E-state index in [1.54, 1.807) is 5.32 Å². The molecule has 1 heterocycles. The third-order valence-electron chi connectivity index (χ3n) is 11.2. The Labute approximate surface area is 439 Å². The van der Waals surface area contributed by atoms with Crippen LogP contribution in [0.5, 0.6) is 0 Å². The molecule has 0 radical (unpaired) electrons. The molecule has 0 aromatic carbocycles. The molecule has 1 aliphatic rings. The molecule has 0 atom stereocenters. The van der Waals surface area contributed by atoms with Gasteiger partial charge in [-0.05, 0) is 0 Å². The van der Waals surface area contributed by atoms with Crippen molar-refractivity contribution >= 4 is 29.7 Å². The van der Waals surface area contributed by atoms with E-state index in [-0.39, 0.29) is 52.4 Å². The number of amides is 2. The number of hydrogen-bond acceptors (Lipinski definition) is 13. The highest BCUT2D eigenvalue weighted by Gasteiger charge is 2.89. The summed E-state index contributed by atoms with van der Waals surface area (Å²) in [6.45, 7) is -23.5. The Balaban J connectivity index is 3.81. The number of hydrogen-bond donors (Lipinski definition) is 5. The zero-order chi connectivity index (χ0) is 64.4. The third kappa shape index (κ3) is 19.1. The number of ether oxygens (including phenoxy) is 4. The van der Waals surface area contributed by atoms with Crippen molar-refractivity contribution in [2.24, 2.45) is 5.41 Å². The summed E-state index contributed by atoms with van der Waals surface area (Å²) in [7, 11) is 0. The van der Waals surface area contributed by atoms with Gasteiger partial charge < -0.3 is 44.9 Å². The molecule has 482 valence electrons. The number of carboxylic acids is 3. The summed E-state index contributed by atoms with van der Waals surface area (Å²) >= 11 is 0. The maximum Gasteiger partial charge on any atom is 0.435 e. The van der Waals surface area contributed by atoms with Crippen LogP contribution in [-0.2, 0) is 42.9 Å². The molecule has 5 N–H and O–H groups in total. The fourth-order valence-electron chi connectivity index (χ4n) is 7.08. The van der Waals surface area contributed by atoms with Gasteiger partial charge in [0, 0.05) is 65.4 Å². The summed E-state index contributed by atoms with van der Waals surface area (Å²) in [5.41, 5.74) is -29.6. The zero-order valence-corrected chi connectivity index (χ0v) is 40.4. The van der Waals surface area contributed by atoms with Crippen molar-refractivity contribution in [3.05, 3.63) is 0 Å². The Bertz CT molecular complexity index is 1840. The van der Waals surface area contributed by atoms with Gasteiger partial charge in [0.05, 0.1) is 58.0 Å². The van der Waals surface area contributed by atoms with E-state index in [9.17, 15) is 158 Å². The van der Waals surface area contributed by atoms with Crippen molar-refractivity contribution in [1.29, 1.82) is 0 Å². The molecule has 0 aromatic heterocycles. The monoisotopic (exact) mass is 1280 g/mol. The first kappa shape index (κ1) is 75.2. The van der Waals surface area contributed by atoms with Crippen LogP contribution < -0.4 is 10.6 Å². The quantitative estimate of drug-likeness (QED) is 0.0633. The second-order valence-electron chi connectivity index (χ2n) is 17.4. The van der Waals surface area contributed by atoms with Gasteiger partial charge in [-0.2, -0.15) is 119 Å². The Hall–Kier alpha value is -4.86. The number of alkyl halides is 27. The zero-order valence-electron chi connectivity index (χ0n) is 40.4. The molecule has 0 aromatic rings. The van der Waals surface area contributed by atoms with Crippen LogP contribution >= 0.6 is 0 Å². The minimum absolute atomic E-state index is 0.0681. The summed E-state index contributed by atoms with van der Waals surface area (Å²) in [4.78, 5) is 65.1.